The van der Waals surface area contributed by atoms with Gasteiger partial charge < -0.3 is 5.32 Å². The fraction of sp³-hybridized carbons (Fsp3) is 0.600. The van der Waals surface area contributed by atoms with Gasteiger partial charge in [-0.05, 0) is 39.0 Å². The van der Waals surface area contributed by atoms with E-state index in [4.69, 9.17) is 4.98 Å². The number of rotatable bonds is 6. The smallest absolute Gasteiger partial charge is 0.220 e. The molecular formula is C15H21N5OS. The normalized spacial score (nSPS) is 15.3. The third-order valence-corrected chi connectivity index (χ3v) is 5.21. The van der Waals surface area contributed by atoms with E-state index >= 15 is 0 Å². The van der Waals surface area contributed by atoms with Gasteiger partial charge in [-0.3, -0.25) is 9.48 Å². The maximum atomic E-state index is 12.0. The molecule has 1 amide bonds. The third-order valence-electron chi connectivity index (χ3n) is 3.87. The van der Waals surface area contributed by atoms with Gasteiger partial charge in [0.25, 0.3) is 0 Å². The van der Waals surface area contributed by atoms with Crippen molar-refractivity contribution in [1.29, 1.82) is 0 Å². The van der Waals surface area contributed by atoms with Gasteiger partial charge in [0.1, 0.15) is 17.7 Å². The average Bonchev–Trinajstić information content (AvgIpc) is 3.16. The lowest BCUT2D eigenvalue weighted by Crippen LogP contribution is -2.26. The van der Waals surface area contributed by atoms with Crippen molar-refractivity contribution in [2.24, 2.45) is 0 Å². The average molecular weight is 319 g/mol. The van der Waals surface area contributed by atoms with Crippen molar-refractivity contribution in [1.82, 2.24) is 25.1 Å². The highest BCUT2D eigenvalue weighted by atomic mass is 32.1. The van der Waals surface area contributed by atoms with Gasteiger partial charge in [0.05, 0.1) is 11.7 Å². The van der Waals surface area contributed by atoms with E-state index in [2.05, 4.69) is 15.4 Å². The molecule has 0 spiro atoms. The predicted molar refractivity (Wildman–Crippen MR) is 84.6 cm³/mol. The molecule has 0 bridgehead atoms. The van der Waals surface area contributed by atoms with E-state index in [1.54, 1.807) is 22.3 Å². The van der Waals surface area contributed by atoms with Crippen LogP contribution in [0.3, 0.4) is 0 Å². The fourth-order valence-electron chi connectivity index (χ4n) is 2.68. The highest BCUT2D eigenvalue weighted by Gasteiger charge is 2.19. The number of hydrogen-bond acceptors (Lipinski definition) is 5. The summed E-state index contributed by atoms with van der Waals surface area (Å²) in [6.07, 6.45) is 9.16. The van der Waals surface area contributed by atoms with E-state index in [1.807, 2.05) is 6.92 Å². The Hall–Kier alpha value is -1.76. The maximum Gasteiger partial charge on any atom is 0.220 e. The number of carbonyl (C=O) groups is 1. The quantitative estimate of drug-likeness (QED) is 0.886. The summed E-state index contributed by atoms with van der Waals surface area (Å²) in [6, 6.07) is -0.00512. The lowest BCUT2D eigenvalue weighted by molar-refractivity contribution is -0.121. The second-order valence-electron chi connectivity index (χ2n) is 5.68. The van der Waals surface area contributed by atoms with Crippen molar-refractivity contribution in [3.05, 3.63) is 28.2 Å². The Morgan fingerprint density at radius 2 is 2.32 bits per heavy atom. The summed E-state index contributed by atoms with van der Waals surface area (Å²) in [5.74, 6) is 0.0702. The highest BCUT2D eigenvalue weighted by Crippen LogP contribution is 2.29. The number of aryl methyl sites for hydroxylation is 3. The summed E-state index contributed by atoms with van der Waals surface area (Å²) in [7, 11) is 0. The van der Waals surface area contributed by atoms with Crippen LogP contribution in [-0.2, 0) is 24.2 Å². The SMILES string of the molecule is CC(NC(=O)CCCn1cncn1)c1nc2c(s1)CCCC2. The Morgan fingerprint density at radius 1 is 1.45 bits per heavy atom. The zero-order valence-electron chi connectivity index (χ0n) is 12.8. The van der Waals surface area contributed by atoms with Crippen molar-refractivity contribution in [3.8, 4) is 0 Å². The van der Waals surface area contributed by atoms with Crippen LogP contribution in [0.25, 0.3) is 0 Å². The minimum Gasteiger partial charge on any atom is -0.347 e. The molecule has 2 heterocycles. The van der Waals surface area contributed by atoms with Crippen molar-refractivity contribution in [2.75, 3.05) is 0 Å². The largest absolute Gasteiger partial charge is 0.347 e. The van der Waals surface area contributed by atoms with E-state index in [0.717, 1.165) is 24.3 Å². The first kappa shape index (κ1) is 15.1. The van der Waals surface area contributed by atoms with Crippen molar-refractivity contribution in [2.45, 2.75) is 58.0 Å². The van der Waals surface area contributed by atoms with Gasteiger partial charge in [-0.15, -0.1) is 11.3 Å². The molecular weight excluding hydrogens is 298 g/mol. The molecule has 118 valence electrons. The Kier molecular flexibility index (Phi) is 4.82. The first-order valence-electron chi connectivity index (χ1n) is 7.82. The molecule has 1 aliphatic rings. The van der Waals surface area contributed by atoms with Crippen LogP contribution in [0, 0.1) is 0 Å². The lowest BCUT2D eigenvalue weighted by Gasteiger charge is -2.11. The number of nitrogens with one attached hydrogen (secondary N) is 1. The van der Waals surface area contributed by atoms with Crippen LogP contribution in [0.1, 0.15) is 54.2 Å². The van der Waals surface area contributed by atoms with Crippen LogP contribution in [-0.4, -0.2) is 25.7 Å². The predicted octanol–water partition coefficient (Wildman–Crippen LogP) is 2.27. The molecule has 2 aromatic rings. The highest BCUT2D eigenvalue weighted by molar-refractivity contribution is 7.11. The molecule has 6 nitrogen and oxygen atoms in total. The molecule has 0 radical (unpaired) electrons. The Morgan fingerprint density at radius 3 is 3.09 bits per heavy atom. The Bertz CT molecular complexity index is 598. The summed E-state index contributed by atoms with van der Waals surface area (Å²) in [6.45, 7) is 2.73. The van der Waals surface area contributed by atoms with Gasteiger partial charge in [-0.1, -0.05) is 0 Å². The molecule has 0 aromatic carbocycles. The van der Waals surface area contributed by atoms with E-state index in [-0.39, 0.29) is 11.9 Å². The van der Waals surface area contributed by atoms with Gasteiger partial charge in [0, 0.05) is 17.8 Å². The van der Waals surface area contributed by atoms with Gasteiger partial charge in [0.15, 0.2) is 0 Å². The van der Waals surface area contributed by atoms with Crippen LogP contribution >= 0.6 is 11.3 Å². The van der Waals surface area contributed by atoms with Gasteiger partial charge >= 0.3 is 0 Å². The van der Waals surface area contributed by atoms with Crippen molar-refractivity contribution in [3.63, 3.8) is 0 Å². The number of nitrogens with zero attached hydrogens (tertiary/aromatic N) is 4. The summed E-state index contributed by atoms with van der Waals surface area (Å²) in [5.41, 5.74) is 1.25. The molecule has 0 aliphatic heterocycles. The zero-order chi connectivity index (χ0) is 15.4. The number of hydrogen-bond donors (Lipinski definition) is 1. The zero-order valence-corrected chi connectivity index (χ0v) is 13.6. The molecule has 1 aliphatic carbocycles. The van der Waals surface area contributed by atoms with Gasteiger partial charge in [-0.2, -0.15) is 5.10 Å². The minimum atomic E-state index is -0.00512. The number of amides is 1. The van der Waals surface area contributed by atoms with Crippen LogP contribution in [0.5, 0.6) is 0 Å². The second kappa shape index (κ2) is 7.00. The van der Waals surface area contributed by atoms with Crippen LogP contribution in [0.2, 0.25) is 0 Å². The summed E-state index contributed by atoms with van der Waals surface area (Å²) in [4.78, 5) is 22.0. The molecule has 1 atom stereocenters. The molecule has 0 saturated carbocycles. The molecule has 0 fully saturated rings. The van der Waals surface area contributed by atoms with Crippen molar-refractivity contribution < 1.29 is 4.79 Å². The van der Waals surface area contributed by atoms with E-state index < -0.39 is 0 Å². The number of carbonyl (C=O) groups excluding carboxylic acids is 1. The molecule has 2 aromatic heterocycles. The van der Waals surface area contributed by atoms with Crippen molar-refractivity contribution >= 4 is 17.2 Å². The van der Waals surface area contributed by atoms with Crippen LogP contribution in [0.4, 0.5) is 0 Å². The van der Waals surface area contributed by atoms with Crippen LogP contribution in [0.15, 0.2) is 12.7 Å². The fourth-order valence-corrected chi connectivity index (χ4v) is 3.84. The summed E-state index contributed by atoms with van der Waals surface area (Å²) < 4.78 is 1.74. The maximum absolute atomic E-state index is 12.0. The lowest BCUT2D eigenvalue weighted by atomic mass is 10.0. The van der Waals surface area contributed by atoms with E-state index in [0.29, 0.717) is 13.0 Å². The van der Waals surface area contributed by atoms with Gasteiger partial charge in [-0.25, -0.2) is 9.97 Å². The Balaban J connectivity index is 1.47. The molecule has 3 rings (SSSR count). The first-order chi connectivity index (χ1) is 10.7. The monoisotopic (exact) mass is 319 g/mol. The van der Waals surface area contributed by atoms with E-state index in [9.17, 15) is 4.79 Å². The number of fused-ring (bicyclic) bond motifs is 1. The molecule has 1 N–H and O–H groups in total. The summed E-state index contributed by atoms with van der Waals surface area (Å²) >= 11 is 1.76. The minimum absolute atomic E-state index is 0.00512. The Labute approximate surface area is 134 Å². The van der Waals surface area contributed by atoms with Gasteiger partial charge in [0.2, 0.25) is 5.91 Å². The molecule has 0 saturated heterocycles. The topological polar surface area (TPSA) is 72.7 Å². The van der Waals surface area contributed by atoms with Crippen LogP contribution < -0.4 is 5.32 Å². The molecule has 22 heavy (non-hydrogen) atoms. The molecule has 7 heteroatoms. The first-order valence-corrected chi connectivity index (χ1v) is 8.64. The van der Waals surface area contributed by atoms with E-state index in [1.165, 1.54) is 29.7 Å². The second-order valence-corrected chi connectivity index (χ2v) is 6.80. The summed E-state index contributed by atoms with van der Waals surface area (Å²) in [5, 5.41) is 8.11. The molecule has 1 unspecified atom stereocenters. The third kappa shape index (κ3) is 3.71. The number of aromatic nitrogens is 4. The standard InChI is InChI=1S/C15H21N5OS/c1-11(15-19-12-5-2-3-6-13(12)22-15)18-14(21)7-4-8-20-10-16-9-17-20/h9-11H,2-8H2,1H3,(H,18,21). The number of thiazole rings is 1.